The van der Waals surface area contributed by atoms with Gasteiger partial charge in [0.1, 0.15) is 23.9 Å². The van der Waals surface area contributed by atoms with Crippen molar-refractivity contribution in [1.82, 2.24) is 0 Å². The molecule has 8 nitrogen and oxygen atoms in total. The third-order valence-electron chi connectivity index (χ3n) is 4.77. The second kappa shape index (κ2) is 9.91. The van der Waals surface area contributed by atoms with Crippen LogP contribution in [0.5, 0.6) is 28.7 Å². The number of rotatable bonds is 9. The summed E-state index contributed by atoms with van der Waals surface area (Å²) in [4.78, 5) is 24.6. The highest BCUT2D eigenvalue weighted by Crippen LogP contribution is 2.41. The molecule has 0 aromatic heterocycles. The van der Waals surface area contributed by atoms with Crippen LogP contribution in [0.1, 0.15) is 21.5 Å². The smallest absolute Gasteiger partial charge is 0.344 e. The van der Waals surface area contributed by atoms with Crippen molar-refractivity contribution in [3.05, 3.63) is 59.4 Å². The topological polar surface area (TPSA) is 89.5 Å². The van der Waals surface area contributed by atoms with Gasteiger partial charge in [0.25, 0.3) is 0 Å². The largest absolute Gasteiger partial charge is 0.496 e. The number of carbonyl (C=O) groups excluding carboxylic acids is 2. The molecule has 0 amide bonds. The van der Waals surface area contributed by atoms with Crippen molar-refractivity contribution < 1.29 is 38.0 Å². The lowest BCUT2D eigenvalue weighted by atomic mass is 10.1. The van der Waals surface area contributed by atoms with Crippen molar-refractivity contribution in [2.24, 2.45) is 0 Å². The molecule has 8 heteroatoms. The molecule has 0 spiro atoms. The zero-order valence-corrected chi connectivity index (χ0v) is 18.4. The van der Waals surface area contributed by atoms with Gasteiger partial charge in [0.15, 0.2) is 23.9 Å². The van der Waals surface area contributed by atoms with Gasteiger partial charge >= 0.3 is 5.97 Å². The van der Waals surface area contributed by atoms with Gasteiger partial charge in [0.05, 0.1) is 26.9 Å². The van der Waals surface area contributed by atoms with Crippen LogP contribution in [0.3, 0.4) is 0 Å². The number of ether oxygens (including phenoxy) is 6. The SMILES string of the molecule is C=CCOC(=O)COc1ccc2c(c1C)O/C(=C\c1cc(OC)c(OC)cc1OC)C2=O. The Morgan fingerprint density at radius 1 is 1.03 bits per heavy atom. The van der Waals surface area contributed by atoms with Crippen LogP contribution in [-0.4, -0.2) is 46.3 Å². The van der Waals surface area contributed by atoms with Gasteiger partial charge in [-0.25, -0.2) is 4.79 Å². The maximum absolute atomic E-state index is 12.9. The van der Waals surface area contributed by atoms with E-state index in [9.17, 15) is 9.59 Å². The van der Waals surface area contributed by atoms with E-state index in [0.717, 1.165) is 0 Å². The molecule has 32 heavy (non-hydrogen) atoms. The van der Waals surface area contributed by atoms with Crippen molar-refractivity contribution in [3.63, 3.8) is 0 Å². The molecule has 1 aliphatic rings. The number of hydrogen-bond donors (Lipinski definition) is 0. The quantitative estimate of drug-likeness (QED) is 0.331. The van der Waals surface area contributed by atoms with E-state index in [-0.39, 0.29) is 24.8 Å². The molecule has 1 aliphatic heterocycles. The molecule has 0 N–H and O–H groups in total. The van der Waals surface area contributed by atoms with Gasteiger partial charge in [-0.15, -0.1) is 0 Å². The Labute approximate surface area is 185 Å². The molecule has 3 rings (SSSR count). The summed E-state index contributed by atoms with van der Waals surface area (Å²) in [5.41, 5.74) is 1.57. The Kier molecular flexibility index (Phi) is 7.04. The lowest BCUT2D eigenvalue weighted by Gasteiger charge is -2.12. The maximum Gasteiger partial charge on any atom is 0.344 e. The Morgan fingerprint density at radius 2 is 1.72 bits per heavy atom. The normalized spacial score (nSPS) is 13.2. The van der Waals surface area contributed by atoms with Crippen LogP contribution >= 0.6 is 0 Å². The minimum Gasteiger partial charge on any atom is -0.496 e. The summed E-state index contributed by atoms with van der Waals surface area (Å²) >= 11 is 0. The van der Waals surface area contributed by atoms with E-state index < -0.39 is 5.97 Å². The van der Waals surface area contributed by atoms with E-state index in [4.69, 9.17) is 28.4 Å². The zero-order valence-electron chi connectivity index (χ0n) is 18.4. The van der Waals surface area contributed by atoms with Gasteiger partial charge in [0, 0.05) is 17.2 Å². The van der Waals surface area contributed by atoms with Crippen LogP contribution < -0.4 is 23.7 Å². The van der Waals surface area contributed by atoms with Crippen molar-refractivity contribution >= 4 is 17.8 Å². The summed E-state index contributed by atoms with van der Waals surface area (Å²) in [5, 5.41) is 0. The first-order chi connectivity index (χ1) is 15.4. The average Bonchev–Trinajstić information content (AvgIpc) is 3.12. The van der Waals surface area contributed by atoms with E-state index in [1.807, 2.05) is 0 Å². The summed E-state index contributed by atoms with van der Waals surface area (Å²) < 4.78 is 32.3. The monoisotopic (exact) mass is 440 g/mol. The van der Waals surface area contributed by atoms with E-state index in [2.05, 4.69) is 6.58 Å². The highest BCUT2D eigenvalue weighted by Gasteiger charge is 2.30. The molecule has 0 aliphatic carbocycles. The molecular formula is C24H24O8. The Balaban J connectivity index is 1.88. The minimum absolute atomic E-state index is 0.108. The lowest BCUT2D eigenvalue weighted by Crippen LogP contribution is -2.15. The summed E-state index contributed by atoms with van der Waals surface area (Å²) in [5.74, 6) is 1.57. The van der Waals surface area contributed by atoms with Crippen molar-refractivity contribution in [2.45, 2.75) is 6.92 Å². The number of hydrogen-bond acceptors (Lipinski definition) is 8. The zero-order chi connectivity index (χ0) is 23.3. The summed E-state index contributed by atoms with van der Waals surface area (Å²) in [7, 11) is 4.56. The lowest BCUT2D eigenvalue weighted by molar-refractivity contribution is -0.144. The number of allylic oxidation sites excluding steroid dienone is 1. The molecule has 0 saturated heterocycles. The van der Waals surface area contributed by atoms with E-state index in [0.29, 0.717) is 45.4 Å². The molecule has 2 aromatic carbocycles. The summed E-state index contributed by atoms with van der Waals surface area (Å²) in [6.45, 7) is 5.07. The number of esters is 1. The molecule has 0 fully saturated rings. The van der Waals surface area contributed by atoms with Crippen LogP contribution in [-0.2, 0) is 9.53 Å². The fraction of sp³-hybridized carbons (Fsp3) is 0.250. The molecular weight excluding hydrogens is 416 g/mol. The van der Waals surface area contributed by atoms with Crippen molar-refractivity contribution in [2.75, 3.05) is 34.5 Å². The van der Waals surface area contributed by atoms with Crippen LogP contribution in [0.15, 0.2) is 42.7 Å². The predicted octanol–water partition coefficient (Wildman–Crippen LogP) is 3.75. The third-order valence-corrected chi connectivity index (χ3v) is 4.77. The van der Waals surface area contributed by atoms with Crippen LogP contribution in [0, 0.1) is 6.92 Å². The van der Waals surface area contributed by atoms with E-state index in [1.54, 1.807) is 37.3 Å². The molecule has 168 valence electrons. The van der Waals surface area contributed by atoms with Crippen LogP contribution in [0.4, 0.5) is 0 Å². The Morgan fingerprint density at radius 3 is 2.38 bits per heavy atom. The second-order valence-electron chi connectivity index (χ2n) is 6.71. The van der Waals surface area contributed by atoms with Gasteiger partial charge in [-0.1, -0.05) is 12.7 Å². The van der Waals surface area contributed by atoms with Gasteiger partial charge in [0.2, 0.25) is 5.78 Å². The first-order valence-corrected chi connectivity index (χ1v) is 9.70. The predicted molar refractivity (Wildman–Crippen MR) is 117 cm³/mol. The summed E-state index contributed by atoms with van der Waals surface area (Å²) in [6, 6.07) is 6.58. The van der Waals surface area contributed by atoms with Gasteiger partial charge in [-0.2, -0.15) is 0 Å². The number of methoxy groups -OCH3 is 3. The number of ketones is 1. The van der Waals surface area contributed by atoms with Crippen LogP contribution in [0.25, 0.3) is 6.08 Å². The fourth-order valence-electron chi connectivity index (χ4n) is 3.16. The Bertz CT molecular complexity index is 1080. The maximum atomic E-state index is 12.9. The molecule has 0 unspecified atom stereocenters. The Hall–Kier alpha value is -3.94. The highest BCUT2D eigenvalue weighted by atomic mass is 16.6. The minimum atomic E-state index is -0.525. The molecule has 0 bridgehead atoms. The number of Topliss-reactive ketones (excluding diaryl/α,β-unsaturated/α-hetero) is 1. The van der Waals surface area contributed by atoms with Crippen LogP contribution in [0.2, 0.25) is 0 Å². The molecule has 2 aromatic rings. The van der Waals surface area contributed by atoms with Gasteiger partial charge in [-0.05, 0) is 31.2 Å². The van der Waals surface area contributed by atoms with Crippen molar-refractivity contribution in [1.29, 1.82) is 0 Å². The van der Waals surface area contributed by atoms with Gasteiger partial charge in [-0.3, -0.25) is 4.79 Å². The number of fused-ring (bicyclic) bond motifs is 1. The standard InChI is InChI=1S/C24H24O8/c1-6-9-30-22(25)13-31-17-8-7-16-23(26)21(32-24(16)14(17)2)11-15-10-19(28-4)20(29-5)12-18(15)27-3/h6-8,10-12H,1,9,13H2,2-5H3/b21-11-. The van der Waals surface area contributed by atoms with Gasteiger partial charge < -0.3 is 28.4 Å². The summed E-state index contributed by atoms with van der Waals surface area (Å²) in [6.07, 6.45) is 3.05. The second-order valence-corrected chi connectivity index (χ2v) is 6.71. The first kappa shape index (κ1) is 22.7. The molecule has 0 atom stereocenters. The number of carbonyl (C=O) groups is 2. The van der Waals surface area contributed by atoms with E-state index in [1.165, 1.54) is 27.4 Å². The van der Waals surface area contributed by atoms with Crippen molar-refractivity contribution in [3.8, 4) is 28.7 Å². The number of benzene rings is 2. The molecule has 0 radical (unpaired) electrons. The molecule has 0 saturated carbocycles. The average molecular weight is 440 g/mol. The third kappa shape index (κ3) is 4.54. The fourth-order valence-corrected chi connectivity index (χ4v) is 3.16. The first-order valence-electron chi connectivity index (χ1n) is 9.70. The highest BCUT2D eigenvalue weighted by molar-refractivity contribution is 6.15. The molecule has 1 heterocycles. The van der Waals surface area contributed by atoms with E-state index >= 15 is 0 Å².